The number of para-hydroxylation sites is 1. The summed E-state index contributed by atoms with van der Waals surface area (Å²) in [5.41, 5.74) is 0.921. The van der Waals surface area contributed by atoms with Gasteiger partial charge in [0, 0.05) is 7.05 Å². The van der Waals surface area contributed by atoms with E-state index >= 15 is 0 Å². The van der Waals surface area contributed by atoms with Gasteiger partial charge < -0.3 is 0 Å². The second-order valence-electron chi connectivity index (χ2n) is 1.99. The second-order valence-corrected chi connectivity index (χ2v) is 1.99. The molecular formula is C10H14N2. The van der Waals surface area contributed by atoms with E-state index in [2.05, 4.69) is 0 Å². The van der Waals surface area contributed by atoms with Gasteiger partial charge in [0.05, 0.1) is 5.69 Å². The van der Waals surface area contributed by atoms with Crippen LogP contribution < -0.4 is 4.90 Å². The molecule has 0 heterocycles. The van der Waals surface area contributed by atoms with Crippen LogP contribution in [0.15, 0.2) is 30.3 Å². The van der Waals surface area contributed by atoms with Crippen LogP contribution in [0.25, 0.3) is 0 Å². The number of benzene rings is 1. The van der Waals surface area contributed by atoms with E-state index in [-0.39, 0.29) is 0 Å². The lowest BCUT2D eigenvalue weighted by Crippen LogP contribution is -2.06. The Labute approximate surface area is 74.0 Å². The van der Waals surface area contributed by atoms with Crippen LogP contribution in [-0.4, -0.2) is 7.05 Å². The SMILES string of the molecule is CC.CN(C#N)c1ccccc1. The van der Waals surface area contributed by atoms with Gasteiger partial charge in [-0.15, -0.1) is 0 Å². The fourth-order valence-corrected chi connectivity index (χ4v) is 0.709. The summed E-state index contributed by atoms with van der Waals surface area (Å²) in [6.45, 7) is 4.00. The predicted molar refractivity (Wildman–Crippen MR) is 51.8 cm³/mol. The number of nitrogens with zero attached hydrogens (tertiary/aromatic N) is 2. The molecular weight excluding hydrogens is 148 g/mol. The van der Waals surface area contributed by atoms with E-state index in [4.69, 9.17) is 5.26 Å². The topological polar surface area (TPSA) is 27.0 Å². The van der Waals surface area contributed by atoms with E-state index in [0.717, 1.165) is 5.69 Å². The summed E-state index contributed by atoms with van der Waals surface area (Å²) >= 11 is 0. The highest BCUT2D eigenvalue weighted by Gasteiger charge is 1.93. The Hall–Kier alpha value is -1.49. The van der Waals surface area contributed by atoms with E-state index in [0.29, 0.717) is 0 Å². The minimum Gasteiger partial charge on any atom is -0.283 e. The summed E-state index contributed by atoms with van der Waals surface area (Å²) in [5.74, 6) is 0. The lowest BCUT2D eigenvalue weighted by atomic mass is 10.3. The van der Waals surface area contributed by atoms with Gasteiger partial charge in [-0.2, -0.15) is 5.26 Å². The maximum absolute atomic E-state index is 8.46. The van der Waals surface area contributed by atoms with Crippen LogP contribution in [0.2, 0.25) is 0 Å². The van der Waals surface area contributed by atoms with Gasteiger partial charge in [0.25, 0.3) is 0 Å². The van der Waals surface area contributed by atoms with Crippen molar-refractivity contribution in [2.75, 3.05) is 11.9 Å². The second kappa shape index (κ2) is 6.23. The summed E-state index contributed by atoms with van der Waals surface area (Å²) in [7, 11) is 1.73. The molecule has 0 atom stereocenters. The van der Waals surface area contributed by atoms with Crippen LogP contribution in [0.4, 0.5) is 5.69 Å². The summed E-state index contributed by atoms with van der Waals surface area (Å²) in [6, 6.07) is 9.52. The highest BCUT2D eigenvalue weighted by atomic mass is 15.1. The molecule has 1 aromatic carbocycles. The fourth-order valence-electron chi connectivity index (χ4n) is 0.709. The van der Waals surface area contributed by atoms with Gasteiger partial charge in [-0.05, 0) is 12.1 Å². The molecule has 2 heteroatoms. The molecule has 12 heavy (non-hydrogen) atoms. The van der Waals surface area contributed by atoms with Crippen molar-refractivity contribution >= 4 is 5.69 Å². The molecule has 64 valence electrons. The van der Waals surface area contributed by atoms with E-state index in [1.807, 2.05) is 50.4 Å². The van der Waals surface area contributed by atoms with Gasteiger partial charge in [-0.1, -0.05) is 32.0 Å². The van der Waals surface area contributed by atoms with Crippen molar-refractivity contribution in [1.29, 1.82) is 5.26 Å². The standard InChI is InChI=1S/C8H8N2.C2H6/c1-10(7-9)8-5-3-2-4-6-8;1-2/h2-6H,1H3;1-2H3. The highest BCUT2D eigenvalue weighted by molar-refractivity contribution is 5.48. The normalized spacial score (nSPS) is 7.50. The third-order valence-corrected chi connectivity index (χ3v) is 1.29. The summed E-state index contributed by atoms with van der Waals surface area (Å²) in [5, 5.41) is 8.46. The minimum atomic E-state index is 0.921. The van der Waals surface area contributed by atoms with E-state index in [1.54, 1.807) is 7.05 Å². The molecule has 0 N–H and O–H groups in total. The quantitative estimate of drug-likeness (QED) is 0.469. The van der Waals surface area contributed by atoms with Crippen LogP contribution in [0.1, 0.15) is 13.8 Å². The van der Waals surface area contributed by atoms with E-state index in [9.17, 15) is 0 Å². The molecule has 0 amide bonds. The Morgan fingerprint density at radius 2 is 1.67 bits per heavy atom. The van der Waals surface area contributed by atoms with Crippen molar-refractivity contribution in [1.82, 2.24) is 0 Å². The zero-order chi connectivity index (χ0) is 9.40. The van der Waals surface area contributed by atoms with Crippen LogP contribution in [0.3, 0.4) is 0 Å². The van der Waals surface area contributed by atoms with Gasteiger partial charge in [0.1, 0.15) is 0 Å². The Balaban J connectivity index is 0.000000561. The first kappa shape index (κ1) is 10.5. The lowest BCUT2D eigenvalue weighted by molar-refractivity contribution is 1.20. The van der Waals surface area contributed by atoms with Crippen molar-refractivity contribution in [3.05, 3.63) is 30.3 Å². The van der Waals surface area contributed by atoms with Crippen molar-refractivity contribution in [3.63, 3.8) is 0 Å². The molecule has 1 aromatic rings. The molecule has 2 nitrogen and oxygen atoms in total. The average Bonchev–Trinajstić information content (AvgIpc) is 2.21. The third kappa shape index (κ3) is 3.07. The zero-order valence-electron chi connectivity index (χ0n) is 7.78. The molecule has 0 radical (unpaired) electrons. The van der Waals surface area contributed by atoms with Crippen molar-refractivity contribution in [3.8, 4) is 6.19 Å². The molecule has 0 aliphatic carbocycles. The molecule has 0 saturated carbocycles. The summed E-state index contributed by atoms with van der Waals surface area (Å²) in [4.78, 5) is 1.51. The van der Waals surface area contributed by atoms with Gasteiger partial charge in [-0.3, -0.25) is 4.90 Å². The molecule has 1 rings (SSSR count). The maximum atomic E-state index is 8.46. The van der Waals surface area contributed by atoms with Gasteiger partial charge in [0.15, 0.2) is 6.19 Å². The number of hydrogen-bond donors (Lipinski definition) is 0. The minimum absolute atomic E-state index is 0.921. The maximum Gasteiger partial charge on any atom is 0.183 e. The largest absolute Gasteiger partial charge is 0.283 e. The van der Waals surface area contributed by atoms with E-state index in [1.165, 1.54) is 4.90 Å². The predicted octanol–water partition coefficient (Wildman–Crippen LogP) is 2.63. The average molecular weight is 162 g/mol. The lowest BCUT2D eigenvalue weighted by Gasteiger charge is -2.06. The summed E-state index contributed by atoms with van der Waals surface area (Å²) in [6.07, 6.45) is 2.01. The third-order valence-electron chi connectivity index (χ3n) is 1.29. The van der Waals surface area contributed by atoms with Crippen molar-refractivity contribution < 1.29 is 0 Å². The Bertz CT molecular complexity index is 236. The van der Waals surface area contributed by atoms with E-state index < -0.39 is 0 Å². The monoisotopic (exact) mass is 162 g/mol. The first-order valence-corrected chi connectivity index (χ1v) is 4.03. The van der Waals surface area contributed by atoms with Crippen molar-refractivity contribution in [2.45, 2.75) is 13.8 Å². The number of nitriles is 1. The molecule has 0 saturated heterocycles. The number of rotatable bonds is 1. The van der Waals surface area contributed by atoms with Gasteiger partial charge in [0.2, 0.25) is 0 Å². The smallest absolute Gasteiger partial charge is 0.183 e. The molecule has 0 aliphatic rings. The Kier molecular flexibility index (Phi) is 5.46. The fraction of sp³-hybridized carbons (Fsp3) is 0.300. The van der Waals surface area contributed by atoms with Crippen LogP contribution >= 0.6 is 0 Å². The number of hydrogen-bond acceptors (Lipinski definition) is 2. The van der Waals surface area contributed by atoms with Crippen LogP contribution in [0.5, 0.6) is 0 Å². The summed E-state index contributed by atoms with van der Waals surface area (Å²) < 4.78 is 0. The molecule has 0 unspecified atom stereocenters. The molecule has 0 fully saturated rings. The number of anilines is 1. The van der Waals surface area contributed by atoms with Gasteiger partial charge >= 0.3 is 0 Å². The zero-order valence-corrected chi connectivity index (χ0v) is 7.78. The Morgan fingerprint density at radius 3 is 2.08 bits per heavy atom. The molecule has 0 spiro atoms. The van der Waals surface area contributed by atoms with Crippen LogP contribution in [0, 0.1) is 11.5 Å². The van der Waals surface area contributed by atoms with Gasteiger partial charge in [-0.25, -0.2) is 0 Å². The molecule has 0 bridgehead atoms. The highest BCUT2D eigenvalue weighted by Crippen LogP contribution is 2.08. The molecule has 0 aromatic heterocycles. The Morgan fingerprint density at radius 1 is 1.17 bits per heavy atom. The van der Waals surface area contributed by atoms with Crippen molar-refractivity contribution in [2.24, 2.45) is 0 Å². The first-order valence-electron chi connectivity index (χ1n) is 4.03. The first-order chi connectivity index (χ1) is 5.84. The molecule has 0 aliphatic heterocycles. The van der Waals surface area contributed by atoms with Crippen LogP contribution in [-0.2, 0) is 0 Å².